The van der Waals surface area contributed by atoms with Crippen molar-refractivity contribution in [3.8, 4) is 0 Å². The van der Waals surface area contributed by atoms with E-state index in [0.717, 1.165) is 58.3 Å². The summed E-state index contributed by atoms with van der Waals surface area (Å²) in [7, 11) is 3.86. The molecule has 2 aliphatic heterocycles. The summed E-state index contributed by atoms with van der Waals surface area (Å²) < 4.78 is 5.60. The third kappa shape index (κ3) is 4.49. The maximum absolute atomic E-state index is 12.7. The first-order valence-corrected chi connectivity index (χ1v) is 10.1. The summed E-state index contributed by atoms with van der Waals surface area (Å²) in [6.07, 6.45) is 5.85. The Balaban J connectivity index is 1.36. The van der Waals surface area contributed by atoms with Crippen LogP contribution in [0.1, 0.15) is 38.5 Å². The summed E-state index contributed by atoms with van der Waals surface area (Å²) in [5.41, 5.74) is -0.00476. The molecule has 0 radical (unpaired) electrons. The molecule has 0 aromatic carbocycles. The Morgan fingerprint density at radius 3 is 2.23 bits per heavy atom. The Kier molecular flexibility index (Phi) is 6.40. The second-order valence-corrected chi connectivity index (χ2v) is 8.11. The number of hydrogen-bond donors (Lipinski definition) is 1. The first-order valence-electron chi connectivity index (χ1n) is 10.1. The molecule has 1 saturated carbocycles. The van der Waals surface area contributed by atoms with Crippen LogP contribution in [-0.4, -0.2) is 92.2 Å². The molecule has 0 atom stereocenters. The third-order valence-corrected chi connectivity index (χ3v) is 6.50. The number of rotatable bonds is 5. The van der Waals surface area contributed by atoms with Crippen LogP contribution < -0.4 is 5.32 Å². The predicted octanol–water partition coefficient (Wildman–Crippen LogP) is 1.14. The van der Waals surface area contributed by atoms with Crippen molar-refractivity contribution in [2.45, 2.75) is 44.1 Å². The molecule has 3 amide bonds. The minimum atomic E-state index is -0.00476. The molecule has 1 N–H and O–H groups in total. The first-order chi connectivity index (χ1) is 12.5. The van der Waals surface area contributed by atoms with Crippen molar-refractivity contribution in [3.63, 3.8) is 0 Å². The van der Waals surface area contributed by atoms with Gasteiger partial charge in [-0.2, -0.15) is 0 Å². The number of piperazine rings is 1. The molecule has 2 heterocycles. The molecule has 0 bridgehead atoms. The van der Waals surface area contributed by atoms with Gasteiger partial charge in [0.2, 0.25) is 5.91 Å². The van der Waals surface area contributed by atoms with Crippen molar-refractivity contribution in [3.05, 3.63) is 0 Å². The lowest BCUT2D eigenvalue weighted by Gasteiger charge is -2.41. The maximum atomic E-state index is 12.7. The Labute approximate surface area is 157 Å². The first kappa shape index (κ1) is 19.4. The molecule has 2 saturated heterocycles. The quantitative estimate of drug-likeness (QED) is 0.793. The monoisotopic (exact) mass is 366 g/mol. The Morgan fingerprint density at radius 1 is 1.04 bits per heavy atom. The zero-order valence-corrected chi connectivity index (χ0v) is 16.3. The van der Waals surface area contributed by atoms with E-state index < -0.39 is 0 Å². The lowest BCUT2D eigenvalue weighted by Crippen LogP contribution is -2.52. The highest BCUT2D eigenvalue weighted by Crippen LogP contribution is 2.37. The van der Waals surface area contributed by atoms with Crippen molar-refractivity contribution in [2.24, 2.45) is 5.92 Å². The van der Waals surface area contributed by atoms with Crippen LogP contribution in [-0.2, 0) is 9.53 Å². The number of amides is 3. The lowest BCUT2D eigenvalue weighted by atomic mass is 9.77. The number of methoxy groups -OCH3 is 1. The van der Waals surface area contributed by atoms with Crippen LogP contribution in [0.15, 0.2) is 0 Å². The minimum absolute atomic E-state index is 0.000993. The van der Waals surface area contributed by atoms with Crippen molar-refractivity contribution in [1.82, 2.24) is 20.0 Å². The molecular weight excluding hydrogens is 332 g/mol. The number of carbonyl (C=O) groups is 2. The van der Waals surface area contributed by atoms with E-state index in [1.54, 1.807) is 7.11 Å². The average molecular weight is 367 g/mol. The van der Waals surface area contributed by atoms with E-state index in [1.165, 1.54) is 6.42 Å². The van der Waals surface area contributed by atoms with E-state index >= 15 is 0 Å². The SMILES string of the molecule is COC1(CCNC(=O)N2CCC(C(=O)N3CCN(C)CC3)CC2)CCC1. The van der Waals surface area contributed by atoms with Gasteiger partial charge in [0.1, 0.15) is 0 Å². The van der Waals surface area contributed by atoms with Crippen LogP contribution >= 0.6 is 0 Å². The van der Waals surface area contributed by atoms with Crippen LogP contribution in [0.2, 0.25) is 0 Å². The van der Waals surface area contributed by atoms with Crippen LogP contribution in [0.5, 0.6) is 0 Å². The standard InChI is InChI=1S/C19H34N4O3/c1-21-12-14-22(15-13-21)17(24)16-4-10-23(11-5-16)18(25)20-9-8-19(26-2)6-3-7-19/h16H,3-15H2,1-2H3,(H,20,25). The fourth-order valence-electron chi connectivity index (χ4n) is 4.25. The highest BCUT2D eigenvalue weighted by atomic mass is 16.5. The van der Waals surface area contributed by atoms with Gasteiger partial charge >= 0.3 is 6.03 Å². The number of ether oxygens (including phenoxy) is 1. The molecule has 26 heavy (non-hydrogen) atoms. The van der Waals surface area contributed by atoms with Gasteiger partial charge in [-0.3, -0.25) is 4.79 Å². The number of piperidine rings is 1. The summed E-state index contributed by atoms with van der Waals surface area (Å²) in [6.45, 7) is 5.57. The van der Waals surface area contributed by atoms with Crippen molar-refractivity contribution in [2.75, 3.05) is 60.0 Å². The predicted molar refractivity (Wildman–Crippen MR) is 100.0 cm³/mol. The molecule has 7 nitrogen and oxygen atoms in total. The second kappa shape index (κ2) is 8.57. The van der Waals surface area contributed by atoms with E-state index in [-0.39, 0.29) is 23.5 Å². The molecule has 0 aromatic heterocycles. The van der Waals surface area contributed by atoms with Crippen LogP contribution in [0.3, 0.4) is 0 Å². The van der Waals surface area contributed by atoms with Gasteiger partial charge < -0.3 is 24.8 Å². The molecular formula is C19H34N4O3. The van der Waals surface area contributed by atoms with Gasteiger partial charge in [0.15, 0.2) is 0 Å². The highest BCUT2D eigenvalue weighted by Gasteiger charge is 2.36. The zero-order valence-electron chi connectivity index (χ0n) is 16.3. The highest BCUT2D eigenvalue weighted by molar-refractivity contribution is 5.80. The molecule has 3 rings (SSSR count). The Morgan fingerprint density at radius 2 is 1.69 bits per heavy atom. The minimum Gasteiger partial charge on any atom is -0.378 e. The number of nitrogens with zero attached hydrogens (tertiary/aromatic N) is 3. The fraction of sp³-hybridized carbons (Fsp3) is 0.895. The molecule has 148 valence electrons. The molecule has 0 unspecified atom stereocenters. The normalized spacial score (nSPS) is 24.2. The smallest absolute Gasteiger partial charge is 0.317 e. The van der Waals surface area contributed by atoms with E-state index in [2.05, 4.69) is 17.3 Å². The largest absolute Gasteiger partial charge is 0.378 e. The Bertz CT molecular complexity index is 488. The molecule has 0 aromatic rings. The average Bonchev–Trinajstić information content (AvgIpc) is 2.64. The molecule has 1 aliphatic carbocycles. The van der Waals surface area contributed by atoms with E-state index in [4.69, 9.17) is 4.74 Å². The number of hydrogen-bond acceptors (Lipinski definition) is 4. The van der Waals surface area contributed by atoms with Gasteiger partial charge in [0.25, 0.3) is 0 Å². The molecule has 3 fully saturated rings. The fourth-order valence-corrected chi connectivity index (χ4v) is 4.25. The van der Waals surface area contributed by atoms with Crippen molar-refractivity contribution >= 4 is 11.9 Å². The summed E-state index contributed by atoms with van der Waals surface area (Å²) in [5, 5.41) is 3.03. The van der Waals surface area contributed by atoms with Crippen molar-refractivity contribution < 1.29 is 14.3 Å². The van der Waals surface area contributed by atoms with E-state index in [1.807, 2.05) is 9.80 Å². The van der Waals surface area contributed by atoms with Crippen LogP contribution in [0.4, 0.5) is 4.79 Å². The lowest BCUT2D eigenvalue weighted by molar-refractivity contribution is -0.138. The zero-order chi connectivity index (χ0) is 18.6. The number of likely N-dealkylation sites (tertiary alicyclic amines) is 1. The van der Waals surface area contributed by atoms with Crippen LogP contribution in [0.25, 0.3) is 0 Å². The van der Waals surface area contributed by atoms with Gasteiger partial charge in [-0.15, -0.1) is 0 Å². The van der Waals surface area contributed by atoms with Gasteiger partial charge in [0, 0.05) is 58.8 Å². The third-order valence-electron chi connectivity index (χ3n) is 6.50. The molecule has 3 aliphatic rings. The van der Waals surface area contributed by atoms with Gasteiger partial charge in [0.05, 0.1) is 5.60 Å². The van der Waals surface area contributed by atoms with Crippen LogP contribution in [0, 0.1) is 5.92 Å². The topological polar surface area (TPSA) is 65.1 Å². The number of nitrogens with one attached hydrogen (secondary N) is 1. The summed E-state index contributed by atoms with van der Waals surface area (Å²) >= 11 is 0. The van der Waals surface area contributed by atoms with Gasteiger partial charge in [-0.1, -0.05) is 0 Å². The summed E-state index contributed by atoms with van der Waals surface area (Å²) in [4.78, 5) is 31.1. The van der Waals surface area contributed by atoms with E-state index in [0.29, 0.717) is 19.6 Å². The molecule has 0 spiro atoms. The van der Waals surface area contributed by atoms with Gasteiger partial charge in [-0.05, 0) is 45.6 Å². The number of likely N-dealkylation sites (N-methyl/N-ethyl adjacent to an activating group) is 1. The Hall–Kier alpha value is -1.34. The van der Waals surface area contributed by atoms with Crippen molar-refractivity contribution in [1.29, 1.82) is 0 Å². The summed E-state index contributed by atoms with van der Waals surface area (Å²) in [5.74, 6) is 0.361. The van der Waals surface area contributed by atoms with E-state index in [9.17, 15) is 9.59 Å². The second-order valence-electron chi connectivity index (χ2n) is 8.11. The number of carbonyl (C=O) groups excluding carboxylic acids is 2. The van der Waals surface area contributed by atoms with Gasteiger partial charge in [-0.25, -0.2) is 4.79 Å². The summed E-state index contributed by atoms with van der Waals surface area (Å²) in [6, 6.07) is 0.000993. The maximum Gasteiger partial charge on any atom is 0.317 e. The number of urea groups is 1. The molecule has 7 heteroatoms.